The molecule has 2 fully saturated rings. The molecular formula is C40H52F2N6O7Si2. The Morgan fingerprint density at radius 1 is 0.719 bits per heavy atom. The SMILES string of the molecule is C[Si](C)(C)CCOCn1c(C2CCCN2C(=O)O)nc2cc(-c3ccc(-c4cc5nc(C6CCCN6C(=O)O)n(COCC[Si](C)(C)C)c5cc4F)o3)c(F)cc21. The molecule has 13 nitrogen and oxygen atoms in total. The molecule has 0 radical (unpaired) electrons. The van der Waals surface area contributed by atoms with Crippen LogP contribution in [0.4, 0.5) is 18.4 Å². The number of carboxylic acid groups (broad SMARTS) is 2. The third kappa shape index (κ3) is 8.66. The summed E-state index contributed by atoms with van der Waals surface area (Å²) in [5.41, 5.74) is 2.07. The second kappa shape index (κ2) is 16.0. The van der Waals surface area contributed by atoms with E-state index in [0.29, 0.717) is 85.7 Å². The van der Waals surface area contributed by atoms with Crippen LogP contribution in [0.1, 0.15) is 49.4 Å². The number of imidazole rings is 2. The van der Waals surface area contributed by atoms with Crippen LogP contribution in [0.15, 0.2) is 40.8 Å². The molecule has 17 heteroatoms. The molecule has 0 bridgehead atoms. The molecular weight excluding hydrogens is 771 g/mol. The molecule has 2 aliphatic rings. The number of benzene rings is 2. The first-order valence-electron chi connectivity index (χ1n) is 19.6. The normalized spacial score (nSPS) is 17.8. The Bertz CT molecular complexity index is 2140. The molecule has 2 atom stereocenters. The second-order valence-electron chi connectivity index (χ2n) is 17.6. The minimum Gasteiger partial charge on any atom is -0.465 e. The number of hydrogen-bond acceptors (Lipinski definition) is 7. The first-order chi connectivity index (χ1) is 27.0. The number of halogens is 2. The lowest BCUT2D eigenvalue weighted by Gasteiger charge is -2.22. The van der Waals surface area contributed by atoms with Crippen LogP contribution in [-0.2, 0) is 22.9 Å². The van der Waals surface area contributed by atoms with E-state index in [1.54, 1.807) is 33.4 Å². The van der Waals surface area contributed by atoms with Gasteiger partial charge in [0.15, 0.2) is 0 Å². The smallest absolute Gasteiger partial charge is 0.407 e. The van der Waals surface area contributed by atoms with Gasteiger partial charge in [-0.3, -0.25) is 9.80 Å². The van der Waals surface area contributed by atoms with Crippen LogP contribution in [0.5, 0.6) is 0 Å². The maximum atomic E-state index is 16.1. The topological polar surface area (TPSA) is 148 Å². The number of likely N-dealkylation sites (tertiary alicyclic amines) is 2. The van der Waals surface area contributed by atoms with Crippen molar-refractivity contribution in [1.29, 1.82) is 0 Å². The standard InChI is InChI=1S/C40H52F2N6O7Si2/c1-56(2,3)17-15-53-23-47-33-21-27(41)25(19-29(33)43-37(47)31-9-7-13-45(31)39(49)50)35-11-12-36(55-35)26-20-30-34(22-28(26)42)48(24-54-16-18-57(4,5)6)38(44-30)32-10-8-14-46(32)40(51)52/h11-12,19-22,31-32H,7-10,13-18,23-24H2,1-6H3,(H,49,50)(H,51,52). The van der Waals surface area contributed by atoms with E-state index < -0.39 is 52.1 Å². The van der Waals surface area contributed by atoms with Gasteiger partial charge in [0.2, 0.25) is 0 Å². The highest BCUT2D eigenvalue weighted by Crippen LogP contribution is 2.39. The Morgan fingerprint density at radius 2 is 1.12 bits per heavy atom. The first-order valence-corrected chi connectivity index (χ1v) is 27.0. The van der Waals surface area contributed by atoms with Crippen LogP contribution in [-0.4, -0.2) is 93.8 Å². The Labute approximate surface area is 332 Å². The highest BCUT2D eigenvalue weighted by atomic mass is 28.3. The highest BCUT2D eigenvalue weighted by Gasteiger charge is 2.36. The van der Waals surface area contributed by atoms with E-state index >= 15 is 8.78 Å². The molecule has 7 rings (SSSR count). The van der Waals surface area contributed by atoms with Gasteiger partial charge >= 0.3 is 12.2 Å². The van der Waals surface area contributed by atoms with Crippen molar-refractivity contribution in [3.05, 3.63) is 59.7 Å². The lowest BCUT2D eigenvalue weighted by atomic mass is 10.1. The molecule has 2 saturated heterocycles. The van der Waals surface area contributed by atoms with E-state index in [1.807, 2.05) is 0 Å². The Morgan fingerprint density at radius 3 is 1.49 bits per heavy atom. The fraction of sp³-hybridized carbons (Fsp3) is 0.500. The number of nitrogens with zero attached hydrogens (tertiary/aromatic N) is 6. The average molecular weight is 823 g/mol. The van der Waals surface area contributed by atoms with E-state index in [0.717, 1.165) is 12.1 Å². The van der Waals surface area contributed by atoms with Crippen LogP contribution in [0.3, 0.4) is 0 Å². The van der Waals surface area contributed by atoms with Crippen LogP contribution >= 0.6 is 0 Å². The summed E-state index contributed by atoms with van der Waals surface area (Å²) in [4.78, 5) is 36.7. The van der Waals surface area contributed by atoms with Crippen molar-refractivity contribution in [3.63, 3.8) is 0 Å². The van der Waals surface area contributed by atoms with Gasteiger partial charge in [0.1, 0.15) is 48.3 Å². The lowest BCUT2D eigenvalue weighted by molar-refractivity contribution is 0.0832. The number of rotatable bonds is 14. The maximum absolute atomic E-state index is 16.1. The highest BCUT2D eigenvalue weighted by molar-refractivity contribution is 6.76. The van der Waals surface area contributed by atoms with Gasteiger partial charge in [0.05, 0.1) is 45.3 Å². The molecule has 2 aromatic carbocycles. The summed E-state index contributed by atoms with van der Waals surface area (Å²) in [6, 6.07) is 9.88. The fourth-order valence-electron chi connectivity index (χ4n) is 7.71. The molecule has 5 heterocycles. The van der Waals surface area contributed by atoms with Crippen LogP contribution < -0.4 is 0 Å². The first kappa shape index (κ1) is 40.6. The number of aromatic nitrogens is 4. The molecule has 57 heavy (non-hydrogen) atoms. The molecule has 2 N–H and O–H groups in total. The predicted octanol–water partition coefficient (Wildman–Crippen LogP) is 9.85. The molecule has 5 aromatic rings. The number of fused-ring (bicyclic) bond motifs is 2. The summed E-state index contributed by atoms with van der Waals surface area (Å²) in [6.07, 6.45) is 0.464. The van der Waals surface area contributed by atoms with E-state index in [2.05, 4.69) is 39.3 Å². The van der Waals surface area contributed by atoms with Crippen molar-refractivity contribution in [1.82, 2.24) is 28.9 Å². The zero-order valence-corrected chi connectivity index (χ0v) is 35.5. The van der Waals surface area contributed by atoms with Gasteiger partial charge in [0.25, 0.3) is 0 Å². The fourth-order valence-corrected chi connectivity index (χ4v) is 9.22. The Balaban J connectivity index is 1.22. The molecule has 0 spiro atoms. The largest absolute Gasteiger partial charge is 0.465 e. The summed E-state index contributed by atoms with van der Waals surface area (Å²) in [5.74, 6) is 0.123. The zero-order chi connectivity index (χ0) is 40.8. The summed E-state index contributed by atoms with van der Waals surface area (Å²) >= 11 is 0. The molecule has 2 amide bonds. The summed E-state index contributed by atoms with van der Waals surface area (Å²) in [6.45, 7) is 15.5. The molecule has 2 aliphatic heterocycles. The lowest BCUT2D eigenvalue weighted by Crippen LogP contribution is -2.30. The molecule has 2 unspecified atom stereocenters. The van der Waals surface area contributed by atoms with Crippen molar-refractivity contribution in [2.24, 2.45) is 0 Å². The monoisotopic (exact) mass is 822 g/mol. The van der Waals surface area contributed by atoms with Crippen molar-refractivity contribution in [3.8, 4) is 22.6 Å². The van der Waals surface area contributed by atoms with Crippen LogP contribution in [0.2, 0.25) is 51.4 Å². The molecule has 306 valence electrons. The third-order valence-corrected chi connectivity index (χ3v) is 14.3. The van der Waals surface area contributed by atoms with Gasteiger partial charge in [-0.2, -0.15) is 0 Å². The number of furan rings is 1. The van der Waals surface area contributed by atoms with Gasteiger partial charge in [0, 0.05) is 54.6 Å². The Kier molecular flexibility index (Phi) is 11.4. The van der Waals surface area contributed by atoms with Gasteiger partial charge in [-0.25, -0.2) is 28.3 Å². The quantitative estimate of drug-likeness (QED) is 0.0825. The van der Waals surface area contributed by atoms with Crippen molar-refractivity contribution in [2.75, 3.05) is 26.3 Å². The van der Waals surface area contributed by atoms with E-state index in [9.17, 15) is 19.8 Å². The number of hydrogen-bond donors (Lipinski definition) is 2. The third-order valence-electron chi connectivity index (χ3n) is 10.9. The van der Waals surface area contributed by atoms with E-state index in [1.165, 1.54) is 21.9 Å². The van der Waals surface area contributed by atoms with Gasteiger partial charge < -0.3 is 33.2 Å². The van der Waals surface area contributed by atoms with Crippen LogP contribution in [0.25, 0.3) is 44.7 Å². The van der Waals surface area contributed by atoms with Crippen LogP contribution in [0, 0.1) is 11.6 Å². The van der Waals surface area contributed by atoms with E-state index in [-0.39, 0.29) is 36.1 Å². The summed E-state index contributed by atoms with van der Waals surface area (Å²) in [7, 11) is -2.75. The van der Waals surface area contributed by atoms with Gasteiger partial charge in [-0.05, 0) is 62.0 Å². The second-order valence-corrected chi connectivity index (χ2v) is 28.8. The zero-order valence-electron chi connectivity index (χ0n) is 33.5. The van der Waals surface area contributed by atoms with Crippen molar-refractivity contribution < 1.29 is 42.5 Å². The minimum absolute atomic E-state index is 0.100. The van der Waals surface area contributed by atoms with Gasteiger partial charge in [-0.15, -0.1) is 0 Å². The summed E-state index contributed by atoms with van der Waals surface area (Å²) in [5, 5.41) is 19.8. The van der Waals surface area contributed by atoms with Crippen molar-refractivity contribution >= 4 is 50.4 Å². The number of ether oxygens (including phenoxy) is 2. The van der Waals surface area contributed by atoms with Gasteiger partial charge in [-0.1, -0.05) is 39.3 Å². The minimum atomic E-state index is -1.38. The molecule has 0 saturated carbocycles. The maximum Gasteiger partial charge on any atom is 0.407 e. The summed E-state index contributed by atoms with van der Waals surface area (Å²) < 4.78 is 54.0. The van der Waals surface area contributed by atoms with E-state index in [4.69, 9.17) is 23.9 Å². The Hall–Kier alpha value is -4.59. The average Bonchev–Trinajstić information content (AvgIpc) is 3.96. The number of amides is 2. The molecule has 3 aromatic heterocycles. The predicted molar refractivity (Wildman–Crippen MR) is 218 cm³/mol. The van der Waals surface area contributed by atoms with Crippen molar-refractivity contribution in [2.45, 2.75) is 103 Å². The number of carbonyl (C=O) groups is 2. The molecule has 0 aliphatic carbocycles.